The molecule has 0 aliphatic heterocycles. The predicted octanol–water partition coefficient (Wildman–Crippen LogP) is 1.82. The van der Waals surface area contributed by atoms with Crippen LogP contribution in [-0.4, -0.2) is 45.4 Å². The SMILES string of the molecule is CC(C)C(N)CCN(C)C(=O)CNS(=O)(=O)c1cccc(C(F)(F)F)c1. The first-order chi connectivity index (χ1) is 11.8. The van der Waals surface area contributed by atoms with Crippen LogP contribution in [-0.2, 0) is 21.0 Å². The van der Waals surface area contributed by atoms with Gasteiger partial charge >= 0.3 is 6.18 Å². The van der Waals surface area contributed by atoms with E-state index in [2.05, 4.69) is 0 Å². The molecule has 1 aromatic rings. The van der Waals surface area contributed by atoms with Crippen molar-refractivity contribution in [3.05, 3.63) is 29.8 Å². The fraction of sp³-hybridized carbons (Fsp3) is 0.562. The Bertz CT molecular complexity index is 721. The lowest BCUT2D eigenvalue weighted by Crippen LogP contribution is -2.40. The third-order valence-electron chi connectivity index (χ3n) is 3.96. The van der Waals surface area contributed by atoms with Gasteiger partial charge in [-0.3, -0.25) is 4.79 Å². The van der Waals surface area contributed by atoms with Crippen molar-refractivity contribution in [3.63, 3.8) is 0 Å². The van der Waals surface area contributed by atoms with E-state index in [0.717, 1.165) is 18.2 Å². The molecule has 1 atom stereocenters. The fourth-order valence-corrected chi connectivity index (χ4v) is 3.04. The van der Waals surface area contributed by atoms with Crippen LogP contribution < -0.4 is 10.5 Å². The van der Waals surface area contributed by atoms with Gasteiger partial charge in [0.1, 0.15) is 0 Å². The largest absolute Gasteiger partial charge is 0.416 e. The van der Waals surface area contributed by atoms with Crippen LogP contribution in [0.3, 0.4) is 0 Å². The molecule has 1 aromatic carbocycles. The summed E-state index contributed by atoms with van der Waals surface area (Å²) in [5.41, 5.74) is 4.81. The van der Waals surface area contributed by atoms with Gasteiger partial charge in [0.05, 0.1) is 17.0 Å². The average molecular weight is 395 g/mol. The molecule has 0 aliphatic rings. The zero-order chi connectivity index (χ0) is 20.1. The first kappa shape index (κ1) is 22.4. The van der Waals surface area contributed by atoms with E-state index in [-0.39, 0.29) is 12.0 Å². The third-order valence-corrected chi connectivity index (χ3v) is 5.36. The molecule has 1 amide bonds. The van der Waals surface area contributed by atoms with Gasteiger partial charge in [-0.2, -0.15) is 13.2 Å². The Morgan fingerprint density at radius 2 is 1.92 bits per heavy atom. The quantitative estimate of drug-likeness (QED) is 0.702. The van der Waals surface area contributed by atoms with Gasteiger partial charge in [0.2, 0.25) is 15.9 Å². The molecule has 148 valence electrons. The average Bonchev–Trinajstić information content (AvgIpc) is 2.56. The molecule has 0 bridgehead atoms. The first-order valence-electron chi connectivity index (χ1n) is 8.01. The zero-order valence-electron chi connectivity index (χ0n) is 14.9. The Balaban J connectivity index is 2.69. The normalized spacial score (nSPS) is 13.7. The topological polar surface area (TPSA) is 92.5 Å². The van der Waals surface area contributed by atoms with E-state index in [1.165, 1.54) is 11.9 Å². The molecule has 0 fully saturated rings. The summed E-state index contributed by atoms with van der Waals surface area (Å²) in [6, 6.07) is 3.24. The minimum atomic E-state index is -4.66. The van der Waals surface area contributed by atoms with Gasteiger partial charge < -0.3 is 10.6 Å². The number of sulfonamides is 1. The second kappa shape index (κ2) is 8.83. The summed E-state index contributed by atoms with van der Waals surface area (Å²) >= 11 is 0. The second-order valence-electron chi connectivity index (χ2n) is 6.36. The number of hydrogen-bond donors (Lipinski definition) is 2. The van der Waals surface area contributed by atoms with Crippen LogP contribution in [0.2, 0.25) is 0 Å². The molecule has 0 heterocycles. The lowest BCUT2D eigenvalue weighted by Gasteiger charge is -2.21. The Morgan fingerprint density at radius 3 is 2.46 bits per heavy atom. The van der Waals surface area contributed by atoms with E-state index in [1.807, 2.05) is 18.6 Å². The van der Waals surface area contributed by atoms with Gasteiger partial charge in [0, 0.05) is 19.6 Å². The monoisotopic (exact) mass is 395 g/mol. The number of carbonyl (C=O) groups excluding carboxylic acids is 1. The third kappa shape index (κ3) is 6.58. The molecule has 26 heavy (non-hydrogen) atoms. The molecule has 6 nitrogen and oxygen atoms in total. The maximum atomic E-state index is 12.7. The molecular weight excluding hydrogens is 371 g/mol. The number of likely N-dealkylation sites (N-methyl/N-ethyl adjacent to an activating group) is 1. The number of benzene rings is 1. The number of nitrogens with two attached hydrogens (primary N) is 1. The second-order valence-corrected chi connectivity index (χ2v) is 8.13. The summed E-state index contributed by atoms with van der Waals surface area (Å²) in [5.74, 6) is -0.255. The molecule has 0 aromatic heterocycles. The Morgan fingerprint density at radius 1 is 1.31 bits per heavy atom. The highest BCUT2D eigenvalue weighted by molar-refractivity contribution is 7.89. The number of nitrogens with zero attached hydrogens (tertiary/aromatic N) is 1. The fourth-order valence-electron chi connectivity index (χ4n) is 2.02. The summed E-state index contributed by atoms with van der Waals surface area (Å²) in [6.45, 7) is 3.71. The van der Waals surface area contributed by atoms with E-state index in [9.17, 15) is 26.4 Å². The standard InChI is InChI=1S/C16H24F3N3O3S/c1-11(2)14(20)7-8-22(3)15(23)10-21-26(24,25)13-6-4-5-12(9-13)16(17,18)19/h4-6,9,11,14,21H,7-8,10,20H2,1-3H3. The van der Waals surface area contributed by atoms with E-state index in [1.54, 1.807) is 0 Å². The maximum Gasteiger partial charge on any atom is 0.416 e. The highest BCUT2D eigenvalue weighted by atomic mass is 32.2. The number of nitrogens with one attached hydrogen (secondary N) is 1. The summed E-state index contributed by atoms with van der Waals surface area (Å²) in [7, 11) is -2.73. The highest BCUT2D eigenvalue weighted by Gasteiger charge is 2.31. The van der Waals surface area contributed by atoms with E-state index < -0.39 is 39.1 Å². The maximum absolute atomic E-state index is 12.7. The highest BCUT2D eigenvalue weighted by Crippen LogP contribution is 2.30. The van der Waals surface area contributed by atoms with E-state index in [4.69, 9.17) is 5.73 Å². The molecule has 0 radical (unpaired) electrons. The van der Waals surface area contributed by atoms with E-state index in [0.29, 0.717) is 19.0 Å². The van der Waals surface area contributed by atoms with Crippen molar-refractivity contribution in [3.8, 4) is 0 Å². The molecule has 0 aliphatic carbocycles. The zero-order valence-corrected chi connectivity index (χ0v) is 15.7. The van der Waals surface area contributed by atoms with Gasteiger partial charge in [0.25, 0.3) is 0 Å². The van der Waals surface area contributed by atoms with Gasteiger partial charge in [-0.05, 0) is 30.5 Å². The van der Waals surface area contributed by atoms with Gasteiger partial charge in [-0.25, -0.2) is 13.1 Å². The lowest BCUT2D eigenvalue weighted by molar-refractivity contribution is -0.137. The molecule has 1 unspecified atom stereocenters. The van der Waals surface area contributed by atoms with E-state index >= 15 is 0 Å². The Kier molecular flexibility index (Phi) is 7.60. The number of amides is 1. The van der Waals surface area contributed by atoms with Crippen molar-refractivity contribution in [1.82, 2.24) is 9.62 Å². The smallest absolute Gasteiger partial charge is 0.345 e. The summed E-state index contributed by atoms with van der Waals surface area (Å²) in [5, 5.41) is 0. The van der Waals surface area contributed by atoms with Crippen LogP contribution in [0.15, 0.2) is 29.2 Å². The van der Waals surface area contributed by atoms with Crippen LogP contribution in [0.25, 0.3) is 0 Å². The summed E-state index contributed by atoms with van der Waals surface area (Å²) in [6.07, 6.45) is -4.10. The Labute approximate surface area is 151 Å². The van der Waals surface area contributed by atoms with Crippen molar-refractivity contribution in [1.29, 1.82) is 0 Å². The number of alkyl halides is 3. The lowest BCUT2D eigenvalue weighted by atomic mass is 10.0. The van der Waals surface area contributed by atoms with Crippen LogP contribution >= 0.6 is 0 Å². The molecule has 3 N–H and O–H groups in total. The van der Waals surface area contributed by atoms with Crippen molar-refractivity contribution >= 4 is 15.9 Å². The molecule has 0 spiro atoms. The number of carbonyl (C=O) groups is 1. The molecular formula is C16H24F3N3O3S. The predicted molar refractivity (Wildman–Crippen MR) is 91.7 cm³/mol. The number of halogens is 3. The van der Waals surface area contributed by atoms with Crippen molar-refractivity contribution in [2.24, 2.45) is 11.7 Å². The van der Waals surface area contributed by atoms with Gasteiger partial charge in [0.15, 0.2) is 0 Å². The number of rotatable bonds is 8. The molecule has 10 heteroatoms. The van der Waals surface area contributed by atoms with Crippen molar-refractivity contribution < 1.29 is 26.4 Å². The van der Waals surface area contributed by atoms with Crippen LogP contribution in [0, 0.1) is 5.92 Å². The van der Waals surface area contributed by atoms with Crippen LogP contribution in [0.4, 0.5) is 13.2 Å². The minimum Gasteiger partial charge on any atom is -0.345 e. The minimum absolute atomic E-state index is 0.0907. The first-order valence-corrected chi connectivity index (χ1v) is 9.49. The van der Waals surface area contributed by atoms with Crippen LogP contribution in [0.1, 0.15) is 25.8 Å². The molecule has 0 saturated carbocycles. The number of hydrogen-bond acceptors (Lipinski definition) is 4. The summed E-state index contributed by atoms with van der Waals surface area (Å²) < 4.78 is 64.4. The van der Waals surface area contributed by atoms with Crippen molar-refractivity contribution in [2.75, 3.05) is 20.1 Å². The van der Waals surface area contributed by atoms with Gasteiger partial charge in [-0.1, -0.05) is 19.9 Å². The van der Waals surface area contributed by atoms with Crippen LogP contribution in [0.5, 0.6) is 0 Å². The van der Waals surface area contributed by atoms with Crippen molar-refractivity contribution in [2.45, 2.75) is 37.4 Å². The van der Waals surface area contributed by atoms with Gasteiger partial charge in [-0.15, -0.1) is 0 Å². The summed E-state index contributed by atoms with van der Waals surface area (Å²) in [4.78, 5) is 12.8. The Hall–Kier alpha value is -1.65. The molecule has 0 saturated heterocycles. The molecule has 1 rings (SSSR count).